The Hall–Kier alpha value is -6.26. The molecule has 15 heteroatoms. The predicted octanol–water partition coefficient (Wildman–Crippen LogP) is 22.4. The van der Waals surface area contributed by atoms with E-state index in [1.807, 2.05) is 30.5 Å². The van der Waals surface area contributed by atoms with Gasteiger partial charge in [0.1, 0.15) is 33.3 Å². The van der Waals surface area contributed by atoms with E-state index in [1.54, 1.807) is 70.8 Å². The average molecular weight is 1270 g/mol. The van der Waals surface area contributed by atoms with Gasteiger partial charge < -0.3 is 13.7 Å². The van der Waals surface area contributed by atoms with Crippen LogP contribution in [0.15, 0.2) is 125 Å². The Morgan fingerprint density at radius 1 is 0.568 bits per heavy atom. The number of esters is 1. The number of thiazole rings is 2. The summed E-state index contributed by atoms with van der Waals surface area (Å²) < 4.78 is 24.0. The molecule has 11 nitrogen and oxygen atoms in total. The maximum Gasteiger partial charge on any atom is 0.330 e. The lowest BCUT2D eigenvalue weighted by molar-refractivity contribution is -0.149. The molecule has 1 atom stereocenters. The standard InChI is InChI=1S/C10H15N.2C9H13NO.4C9H13NS.C9H14O2/c1-5-8-6-7-9(11-8)10(2,3)4;1-5-8-10-6-7(11-8)9(2,3)4;1-5-7-6-8(11-10-7)9(2,3)4;1-5-8-10-7(6-11-8)9(2,3)4;1-5-8-10-6-7(11-8)9(2,3)4;1-5-8-7(6-11-10-8)9(2,3)4;1-5-7-6-8(11-10-7)9(2,3)4;1-9(2,3)7-5-4-6-8(10)11-7/h5,7H,1,6H2,2-4H3;6*5-6H,1H2,2-4H3;4,6-7H,5H2,1-3H3. The first-order valence-corrected chi connectivity index (χ1v) is 32.9. The Bertz CT molecular complexity index is 2920. The summed E-state index contributed by atoms with van der Waals surface area (Å²) in [5.41, 5.74) is 8.65. The van der Waals surface area contributed by atoms with Crippen molar-refractivity contribution in [1.82, 2.24) is 28.9 Å². The fourth-order valence-electron chi connectivity index (χ4n) is 6.71. The van der Waals surface area contributed by atoms with Gasteiger partial charge in [0.25, 0.3) is 0 Å². The topological polar surface area (TPSA) is 142 Å². The second kappa shape index (κ2) is 34.6. The maximum atomic E-state index is 10.8. The predicted molar refractivity (Wildman–Crippen MR) is 387 cm³/mol. The Morgan fingerprint density at radius 2 is 1.16 bits per heavy atom. The molecule has 0 saturated carbocycles. The highest BCUT2D eigenvalue weighted by atomic mass is 32.1. The number of ether oxygens (including phenoxy) is 1. The molecular weight excluding hydrogens is 1170 g/mol. The van der Waals surface area contributed by atoms with Gasteiger partial charge in [0.15, 0.2) is 0 Å². The number of nitrogens with zero attached hydrogens (tertiary/aromatic N) is 7. The zero-order valence-electron chi connectivity index (χ0n) is 58.1. The zero-order chi connectivity index (χ0) is 67.9. The highest BCUT2D eigenvalue weighted by Crippen LogP contribution is 2.33. The number of rotatable bonds is 7. The molecule has 2 aliphatic rings. The van der Waals surface area contributed by atoms with Crippen LogP contribution in [-0.4, -0.2) is 46.6 Å². The molecule has 0 fully saturated rings. The summed E-state index contributed by atoms with van der Waals surface area (Å²) in [6, 6.07) is 4.00. The van der Waals surface area contributed by atoms with Crippen molar-refractivity contribution in [2.45, 2.75) is 218 Å². The molecule has 6 aromatic rings. The minimum atomic E-state index is -0.212. The molecule has 0 bridgehead atoms. The van der Waals surface area contributed by atoms with Crippen molar-refractivity contribution in [3.63, 3.8) is 0 Å². The van der Waals surface area contributed by atoms with Crippen LogP contribution >= 0.6 is 45.7 Å². The highest BCUT2D eigenvalue weighted by Gasteiger charge is 2.29. The fourth-order valence-corrected chi connectivity index (χ4v) is 10.1. The van der Waals surface area contributed by atoms with Crippen molar-refractivity contribution in [1.29, 1.82) is 0 Å². The quantitative estimate of drug-likeness (QED) is 0.142. The molecule has 482 valence electrons. The normalized spacial score (nSPS) is 14.0. The van der Waals surface area contributed by atoms with E-state index in [0.717, 1.165) is 62.9 Å². The smallest absolute Gasteiger partial charge is 0.330 e. The maximum absolute atomic E-state index is 10.8. The van der Waals surface area contributed by atoms with Crippen LogP contribution in [0.1, 0.15) is 245 Å². The van der Waals surface area contributed by atoms with Gasteiger partial charge in [-0.25, -0.2) is 19.7 Å². The van der Waals surface area contributed by atoms with E-state index >= 15 is 0 Å². The lowest BCUT2D eigenvalue weighted by Crippen LogP contribution is -2.32. The second-order valence-corrected chi connectivity index (χ2v) is 32.4. The minimum absolute atomic E-state index is 0.0360. The van der Waals surface area contributed by atoms with Crippen molar-refractivity contribution in [3.05, 3.63) is 177 Å². The number of carbonyl (C=O) groups excluding carboxylic acids is 1. The number of aromatic nitrogens is 6. The van der Waals surface area contributed by atoms with Crippen LogP contribution < -0.4 is 0 Å². The van der Waals surface area contributed by atoms with Gasteiger partial charge in [-0.1, -0.05) is 230 Å². The molecule has 0 aliphatic carbocycles. The van der Waals surface area contributed by atoms with Crippen molar-refractivity contribution in [2.75, 3.05) is 0 Å². The first-order valence-electron chi connectivity index (χ1n) is 29.6. The van der Waals surface area contributed by atoms with Gasteiger partial charge in [0.2, 0.25) is 5.89 Å². The van der Waals surface area contributed by atoms with Gasteiger partial charge in [0, 0.05) is 84.8 Å². The molecule has 6 aromatic heterocycles. The Kier molecular flexibility index (Phi) is 31.4. The molecule has 0 aromatic carbocycles. The number of aliphatic imine (C=N–C) groups is 1. The monoisotopic (exact) mass is 1270 g/mol. The Morgan fingerprint density at radius 3 is 1.45 bits per heavy atom. The third-order valence-corrected chi connectivity index (χ3v) is 16.6. The van der Waals surface area contributed by atoms with E-state index in [4.69, 9.17) is 13.7 Å². The van der Waals surface area contributed by atoms with E-state index in [2.05, 4.69) is 269 Å². The van der Waals surface area contributed by atoms with Crippen molar-refractivity contribution in [2.24, 2.45) is 15.8 Å². The van der Waals surface area contributed by atoms with Crippen LogP contribution in [-0.2, 0) is 42.0 Å². The van der Waals surface area contributed by atoms with Crippen molar-refractivity contribution in [3.8, 4) is 0 Å². The number of oxazole rings is 1. The van der Waals surface area contributed by atoms with Gasteiger partial charge in [-0.15, -0.1) is 22.7 Å². The lowest BCUT2D eigenvalue weighted by Gasteiger charge is -2.30. The summed E-state index contributed by atoms with van der Waals surface area (Å²) in [5.74, 6) is 2.17. The first kappa shape index (κ1) is 79.8. The summed E-state index contributed by atoms with van der Waals surface area (Å²) in [5, 5.41) is 10.0. The molecule has 2 aliphatic heterocycles. The van der Waals surface area contributed by atoms with Crippen LogP contribution in [0.4, 0.5) is 0 Å². The van der Waals surface area contributed by atoms with Gasteiger partial charge >= 0.3 is 5.97 Å². The van der Waals surface area contributed by atoms with Crippen molar-refractivity contribution < 1.29 is 18.5 Å². The number of cyclic esters (lactones) is 1. The highest BCUT2D eigenvalue weighted by molar-refractivity contribution is 7.12. The third kappa shape index (κ3) is 29.4. The summed E-state index contributed by atoms with van der Waals surface area (Å²) in [6.07, 6.45) is 23.4. The largest absolute Gasteiger partial charge is 0.458 e. The fraction of sp³-hybridized carbons (Fsp3) is 0.479. The number of hydrogen-bond donors (Lipinski definition) is 0. The molecule has 8 rings (SSSR count). The Balaban J connectivity index is 0.000000503. The zero-order valence-corrected chi connectivity index (χ0v) is 61.3. The molecule has 0 saturated heterocycles. The van der Waals surface area contributed by atoms with Gasteiger partial charge in [0.05, 0.1) is 23.3 Å². The minimum Gasteiger partial charge on any atom is -0.458 e. The molecule has 88 heavy (non-hydrogen) atoms. The number of carbonyl (C=O) groups is 1. The van der Waals surface area contributed by atoms with Crippen LogP contribution in [0.3, 0.4) is 0 Å². The van der Waals surface area contributed by atoms with Gasteiger partial charge in [-0.2, -0.15) is 8.75 Å². The number of allylic oxidation sites excluding steroid dienone is 3. The lowest BCUT2D eigenvalue weighted by atomic mass is 9.86. The van der Waals surface area contributed by atoms with Gasteiger partial charge in [-0.3, -0.25) is 4.99 Å². The van der Waals surface area contributed by atoms with E-state index in [9.17, 15) is 4.79 Å². The molecule has 0 N–H and O–H groups in total. The molecule has 8 heterocycles. The van der Waals surface area contributed by atoms with Gasteiger partial charge in [-0.05, 0) is 98.9 Å². The van der Waals surface area contributed by atoms with Crippen LogP contribution in [0.5, 0.6) is 0 Å². The first-order chi connectivity index (χ1) is 40.3. The van der Waals surface area contributed by atoms with E-state index in [-0.39, 0.29) is 55.4 Å². The summed E-state index contributed by atoms with van der Waals surface area (Å²) in [4.78, 5) is 30.5. The molecular formula is C73H107N7O4S4. The molecule has 0 radical (unpaired) electrons. The van der Waals surface area contributed by atoms with E-state index in [1.165, 1.54) is 38.6 Å². The van der Waals surface area contributed by atoms with Crippen molar-refractivity contribution >= 4 is 93.9 Å². The summed E-state index contributed by atoms with van der Waals surface area (Å²) in [7, 11) is 0. The van der Waals surface area contributed by atoms with E-state index in [0.29, 0.717) is 5.89 Å². The summed E-state index contributed by atoms with van der Waals surface area (Å²) >= 11 is 6.41. The number of hydrogen-bond acceptors (Lipinski definition) is 15. The van der Waals surface area contributed by atoms with Crippen LogP contribution in [0, 0.1) is 10.8 Å². The second-order valence-electron chi connectivity index (χ2n) is 29.0. The van der Waals surface area contributed by atoms with Crippen LogP contribution in [0.25, 0.3) is 36.5 Å². The third-order valence-electron chi connectivity index (χ3n) is 12.5. The summed E-state index contributed by atoms with van der Waals surface area (Å²) in [6.45, 7) is 77.0. The molecule has 0 amide bonds. The molecule has 1 unspecified atom stereocenters. The van der Waals surface area contributed by atoms with E-state index < -0.39 is 0 Å². The SMILES string of the molecule is C=CC1=NC(C(C)(C)C)=CC1.C=Cc1cc(C(C)(C)C)on1.C=Cc1cc(C(C)(C)C)sn1.C=Cc1nc(C(C)(C)C)cs1.C=Cc1ncc(C(C)(C)C)o1.C=Cc1ncc(C(C)(C)C)s1.C=Cc1nscc1C(C)(C)C.CC(C)(C)C1CC=CC(=O)O1. The van der Waals surface area contributed by atoms with Crippen LogP contribution in [0.2, 0.25) is 0 Å². The Labute approximate surface area is 547 Å². The molecule has 0 spiro atoms. The average Bonchev–Trinajstić information content (AvgIpc) is 4.49.